The summed E-state index contributed by atoms with van der Waals surface area (Å²) in [4.78, 5) is 15.1. The number of guanidine groups is 2. The van der Waals surface area contributed by atoms with Crippen molar-refractivity contribution in [3.8, 4) is 11.5 Å². The van der Waals surface area contributed by atoms with Gasteiger partial charge < -0.3 is 15.9 Å². The Labute approximate surface area is 181 Å². The van der Waals surface area contributed by atoms with Crippen LogP contribution >= 0.6 is 11.6 Å². The standard InChI is InChI=1S/C21H19ClF2N6O/c22-13-10-15(24)14(23)9-12(13)18-27-16-8-11(4-5-17(16)31-18)30-20(26)28-19(25)29-21(30)6-2-1-3-7-21/h4-5,8-10H,1-3,6-7H2,(H4,25,26,28,29). The van der Waals surface area contributed by atoms with Crippen molar-refractivity contribution in [2.24, 2.45) is 21.5 Å². The summed E-state index contributed by atoms with van der Waals surface area (Å²) in [6, 6.07) is 7.23. The minimum absolute atomic E-state index is 0.00376. The molecule has 31 heavy (non-hydrogen) atoms. The number of aromatic nitrogens is 1. The van der Waals surface area contributed by atoms with Gasteiger partial charge in [-0.1, -0.05) is 18.0 Å². The second-order valence-electron chi connectivity index (χ2n) is 7.74. The fourth-order valence-corrected chi connectivity index (χ4v) is 4.58. The van der Waals surface area contributed by atoms with Gasteiger partial charge in [0.15, 0.2) is 17.2 Å². The fraction of sp³-hybridized carbons (Fsp3) is 0.286. The molecule has 1 aromatic heterocycles. The number of halogens is 3. The van der Waals surface area contributed by atoms with Crippen molar-refractivity contribution in [3.63, 3.8) is 0 Å². The van der Waals surface area contributed by atoms with E-state index in [1.807, 2.05) is 11.0 Å². The van der Waals surface area contributed by atoms with E-state index in [-0.39, 0.29) is 28.4 Å². The summed E-state index contributed by atoms with van der Waals surface area (Å²) in [6.07, 6.45) is 4.74. The Balaban J connectivity index is 1.59. The number of oxazole rings is 1. The van der Waals surface area contributed by atoms with Crippen LogP contribution in [0.3, 0.4) is 0 Å². The van der Waals surface area contributed by atoms with E-state index in [0.29, 0.717) is 11.1 Å². The van der Waals surface area contributed by atoms with Crippen LogP contribution in [0.4, 0.5) is 14.5 Å². The molecule has 10 heteroatoms. The minimum atomic E-state index is -1.04. The molecule has 1 aliphatic carbocycles. The van der Waals surface area contributed by atoms with Gasteiger partial charge in [0, 0.05) is 5.69 Å². The molecule has 0 radical (unpaired) electrons. The molecule has 1 spiro atoms. The average Bonchev–Trinajstić information content (AvgIpc) is 3.14. The average molecular weight is 445 g/mol. The SMILES string of the molecule is NC1=NC2(CCCCC2)N(c2ccc3oc(-c4cc(F)c(F)cc4Cl)nc3c2)C(N)=N1. The third-order valence-corrected chi connectivity index (χ3v) is 6.03. The van der Waals surface area contributed by atoms with Gasteiger partial charge in [-0.05, 0) is 56.0 Å². The first-order valence-electron chi connectivity index (χ1n) is 9.91. The van der Waals surface area contributed by atoms with Gasteiger partial charge in [-0.25, -0.2) is 18.8 Å². The molecule has 0 amide bonds. The third-order valence-electron chi connectivity index (χ3n) is 5.72. The molecule has 2 aliphatic rings. The molecule has 0 unspecified atom stereocenters. The number of nitrogens with zero attached hydrogens (tertiary/aromatic N) is 4. The highest BCUT2D eigenvalue weighted by molar-refractivity contribution is 6.33. The van der Waals surface area contributed by atoms with Crippen molar-refractivity contribution in [2.75, 3.05) is 4.90 Å². The van der Waals surface area contributed by atoms with E-state index in [0.717, 1.165) is 49.9 Å². The van der Waals surface area contributed by atoms with Crippen molar-refractivity contribution in [2.45, 2.75) is 37.8 Å². The summed E-state index contributed by atoms with van der Waals surface area (Å²) in [6.45, 7) is 0. The molecule has 0 bridgehead atoms. The van der Waals surface area contributed by atoms with Crippen LogP contribution in [0.1, 0.15) is 32.1 Å². The van der Waals surface area contributed by atoms with Crippen LogP contribution in [-0.2, 0) is 0 Å². The summed E-state index contributed by atoms with van der Waals surface area (Å²) < 4.78 is 32.9. The maximum Gasteiger partial charge on any atom is 0.228 e. The minimum Gasteiger partial charge on any atom is -0.436 e. The van der Waals surface area contributed by atoms with E-state index in [4.69, 9.17) is 27.5 Å². The lowest BCUT2D eigenvalue weighted by atomic mass is 9.87. The van der Waals surface area contributed by atoms with Gasteiger partial charge in [-0.2, -0.15) is 4.99 Å². The summed E-state index contributed by atoms with van der Waals surface area (Å²) in [5, 5.41) is 0.00376. The Kier molecular flexibility index (Phi) is 4.58. The molecular formula is C21H19ClF2N6O. The van der Waals surface area contributed by atoms with Crippen LogP contribution in [0.2, 0.25) is 5.02 Å². The molecule has 0 atom stereocenters. The largest absolute Gasteiger partial charge is 0.436 e. The Hall–Kier alpha value is -3.20. The Morgan fingerprint density at radius 3 is 2.55 bits per heavy atom. The summed E-state index contributed by atoms with van der Waals surface area (Å²) in [5.41, 5.74) is 13.5. The van der Waals surface area contributed by atoms with E-state index in [1.54, 1.807) is 12.1 Å². The summed E-state index contributed by atoms with van der Waals surface area (Å²) >= 11 is 6.07. The normalized spacial score (nSPS) is 18.4. The van der Waals surface area contributed by atoms with Gasteiger partial charge in [0.25, 0.3) is 0 Å². The fourth-order valence-electron chi connectivity index (χ4n) is 4.35. The Morgan fingerprint density at radius 2 is 1.77 bits per heavy atom. The zero-order valence-corrected chi connectivity index (χ0v) is 17.2. The first-order chi connectivity index (χ1) is 14.9. The monoisotopic (exact) mass is 444 g/mol. The molecule has 1 saturated carbocycles. The second-order valence-corrected chi connectivity index (χ2v) is 8.14. The number of rotatable bonds is 2. The Morgan fingerprint density at radius 1 is 1.03 bits per heavy atom. The number of hydrogen-bond acceptors (Lipinski definition) is 7. The topological polar surface area (TPSA) is 106 Å². The second kappa shape index (κ2) is 7.19. The first kappa shape index (κ1) is 19.7. The van der Waals surface area contributed by atoms with Crippen molar-refractivity contribution in [1.29, 1.82) is 0 Å². The number of anilines is 1. The third kappa shape index (κ3) is 3.29. The van der Waals surface area contributed by atoms with Crippen LogP contribution in [0.25, 0.3) is 22.6 Å². The zero-order chi connectivity index (χ0) is 21.8. The van der Waals surface area contributed by atoms with Crippen LogP contribution in [0, 0.1) is 11.6 Å². The molecule has 7 nitrogen and oxygen atoms in total. The van der Waals surface area contributed by atoms with Gasteiger partial charge in [0.1, 0.15) is 11.2 Å². The molecule has 160 valence electrons. The smallest absolute Gasteiger partial charge is 0.228 e. The molecule has 2 heterocycles. The van der Waals surface area contributed by atoms with Gasteiger partial charge >= 0.3 is 0 Å². The first-order valence-corrected chi connectivity index (χ1v) is 10.3. The molecule has 0 saturated heterocycles. The molecule has 3 aromatic rings. The number of fused-ring (bicyclic) bond motifs is 1. The van der Waals surface area contributed by atoms with E-state index in [2.05, 4.69) is 15.0 Å². The molecule has 4 N–H and O–H groups in total. The highest BCUT2D eigenvalue weighted by Gasteiger charge is 2.42. The zero-order valence-electron chi connectivity index (χ0n) is 16.4. The Bertz CT molecular complexity index is 1250. The van der Waals surface area contributed by atoms with Crippen molar-refractivity contribution in [1.82, 2.24) is 4.98 Å². The quantitative estimate of drug-likeness (QED) is 0.564. The lowest BCUT2D eigenvalue weighted by Crippen LogP contribution is -2.58. The van der Waals surface area contributed by atoms with Crippen LogP contribution in [-0.4, -0.2) is 22.6 Å². The van der Waals surface area contributed by atoms with E-state index in [1.165, 1.54) is 0 Å². The highest BCUT2D eigenvalue weighted by atomic mass is 35.5. The molecular weight excluding hydrogens is 426 g/mol. The lowest BCUT2D eigenvalue weighted by Gasteiger charge is -2.45. The lowest BCUT2D eigenvalue weighted by molar-refractivity contribution is 0.305. The van der Waals surface area contributed by atoms with Gasteiger partial charge in [-0.3, -0.25) is 4.90 Å². The predicted molar refractivity (Wildman–Crippen MR) is 116 cm³/mol. The van der Waals surface area contributed by atoms with E-state index >= 15 is 0 Å². The number of hydrogen-bond donors (Lipinski definition) is 2. The number of aliphatic imine (C=N–C) groups is 2. The maximum atomic E-state index is 13.7. The summed E-state index contributed by atoms with van der Waals surface area (Å²) in [5.74, 6) is -1.54. The molecule has 1 aliphatic heterocycles. The van der Waals surface area contributed by atoms with Crippen LogP contribution in [0.5, 0.6) is 0 Å². The van der Waals surface area contributed by atoms with Gasteiger partial charge in [-0.15, -0.1) is 0 Å². The van der Waals surface area contributed by atoms with E-state index < -0.39 is 17.3 Å². The van der Waals surface area contributed by atoms with Crippen molar-refractivity contribution >= 4 is 40.3 Å². The van der Waals surface area contributed by atoms with Crippen molar-refractivity contribution < 1.29 is 13.2 Å². The van der Waals surface area contributed by atoms with Crippen molar-refractivity contribution in [3.05, 3.63) is 47.0 Å². The van der Waals surface area contributed by atoms with Gasteiger partial charge in [0.05, 0.1) is 10.6 Å². The number of benzene rings is 2. The van der Waals surface area contributed by atoms with Crippen LogP contribution in [0.15, 0.2) is 44.7 Å². The maximum absolute atomic E-state index is 13.7. The highest BCUT2D eigenvalue weighted by Crippen LogP contribution is 2.40. The molecule has 5 rings (SSSR count). The predicted octanol–water partition coefficient (Wildman–Crippen LogP) is 4.54. The van der Waals surface area contributed by atoms with Gasteiger partial charge in [0.2, 0.25) is 17.8 Å². The summed E-state index contributed by atoms with van der Waals surface area (Å²) in [7, 11) is 0. The van der Waals surface area contributed by atoms with E-state index in [9.17, 15) is 8.78 Å². The van der Waals surface area contributed by atoms with Crippen LogP contribution < -0.4 is 16.4 Å². The number of nitrogens with two attached hydrogens (primary N) is 2. The molecule has 1 fully saturated rings. The molecule has 2 aromatic carbocycles.